The number of carbonyl (C=O) groups excluding carboxylic acids is 1. The number of rotatable bonds is 6. The van der Waals surface area contributed by atoms with E-state index >= 15 is 0 Å². The molecular formula is C30H28FN3OS. The summed E-state index contributed by atoms with van der Waals surface area (Å²) in [6, 6.07) is 19.3. The number of piperazine rings is 1. The van der Waals surface area contributed by atoms with Crippen molar-refractivity contribution in [2.75, 3.05) is 26.2 Å². The van der Waals surface area contributed by atoms with Crippen molar-refractivity contribution >= 4 is 28.7 Å². The van der Waals surface area contributed by atoms with E-state index in [2.05, 4.69) is 41.1 Å². The zero-order valence-corrected chi connectivity index (χ0v) is 20.9. The third kappa shape index (κ3) is 3.71. The van der Waals surface area contributed by atoms with Crippen molar-refractivity contribution in [3.63, 3.8) is 0 Å². The minimum Gasteiger partial charge on any atom is -0.367 e. The lowest BCUT2D eigenvalue weighted by Gasteiger charge is -2.38. The second kappa shape index (κ2) is 9.17. The van der Waals surface area contributed by atoms with Gasteiger partial charge in [-0.15, -0.1) is 11.3 Å². The summed E-state index contributed by atoms with van der Waals surface area (Å²) in [5.41, 5.74) is 4.97. The lowest BCUT2D eigenvalue weighted by atomic mass is 9.66. The lowest BCUT2D eigenvalue weighted by Crippen LogP contribution is -2.48. The normalized spacial score (nSPS) is 22.4. The van der Waals surface area contributed by atoms with Gasteiger partial charge in [-0.25, -0.2) is 4.39 Å². The van der Waals surface area contributed by atoms with E-state index in [-0.39, 0.29) is 17.6 Å². The fourth-order valence-corrected chi connectivity index (χ4v) is 6.81. The summed E-state index contributed by atoms with van der Waals surface area (Å²) in [5, 5.41) is 2.06. The van der Waals surface area contributed by atoms with Crippen LogP contribution in [0.15, 0.2) is 89.9 Å². The van der Waals surface area contributed by atoms with E-state index in [9.17, 15) is 9.18 Å². The number of hydrogen-bond donors (Lipinski definition) is 0. The number of aliphatic imine (C=N–C) groups is 1. The van der Waals surface area contributed by atoms with Gasteiger partial charge < -0.3 is 9.80 Å². The van der Waals surface area contributed by atoms with E-state index in [1.54, 1.807) is 11.3 Å². The molecule has 0 radical (unpaired) electrons. The van der Waals surface area contributed by atoms with Gasteiger partial charge in [-0.1, -0.05) is 55.1 Å². The first-order chi connectivity index (χ1) is 17.6. The predicted molar refractivity (Wildman–Crippen MR) is 144 cm³/mol. The van der Waals surface area contributed by atoms with E-state index in [1.165, 1.54) is 22.6 Å². The molecule has 0 saturated carbocycles. The Balaban J connectivity index is 1.23. The Labute approximate surface area is 215 Å². The molecular weight excluding hydrogens is 469 g/mol. The first-order valence-corrected chi connectivity index (χ1v) is 13.3. The van der Waals surface area contributed by atoms with Crippen LogP contribution in [0.2, 0.25) is 0 Å². The molecule has 2 aromatic carbocycles. The molecule has 2 unspecified atom stereocenters. The fraction of sp³-hybridized carbons (Fsp3) is 0.267. The number of thiophene rings is 1. The average molecular weight is 498 g/mol. The van der Waals surface area contributed by atoms with Crippen molar-refractivity contribution in [3.05, 3.63) is 112 Å². The largest absolute Gasteiger partial charge is 0.367 e. The zero-order valence-electron chi connectivity index (χ0n) is 20.1. The topological polar surface area (TPSA) is 35.9 Å². The van der Waals surface area contributed by atoms with Gasteiger partial charge in [0.2, 0.25) is 5.91 Å². The smallest absolute Gasteiger partial charge is 0.222 e. The number of halogens is 1. The summed E-state index contributed by atoms with van der Waals surface area (Å²) in [4.78, 5) is 23.6. The van der Waals surface area contributed by atoms with Crippen LogP contribution in [0.3, 0.4) is 0 Å². The third-order valence-electron chi connectivity index (χ3n) is 7.91. The summed E-state index contributed by atoms with van der Waals surface area (Å²) >= 11 is 1.69. The number of nitrogens with zero attached hydrogens (tertiary/aromatic N) is 3. The average Bonchev–Trinajstić information content (AvgIpc) is 3.66. The first-order valence-electron chi connectivity index (χ1n) is 12.4. The molecule has 3 heterocycles. The highest BCUT2D eigenvalue weighted by atomic mass is 32.1. The van der Waals surface area contributed by atoms with Crippen molar-refractivity contribution in [2.45, 2.75) is 18.3 Å². The summed E-state index contributed by atoms with van der Waals surface area (Å²) in [6.45, 7) is 7.23. The second-order valence-corrected chi connectivity index (χ2v) is 10.6. The molecule has 4 nitrogen and oxygen atoms in total. The van der Waals surface area contributed by atoms with Gasteiger partial charge >= 0.3 is 0 Å². The van der Waals surface area contributed by atoms with Crippen molar-refractivity contribution in [3.8, 4) is 0 Å². The molecule has 0 N–H and O–H groups in total. The molecule has 182 valence electrons. The molecule has 3 aromatic rings. The minimum absolute atomic E-state index is 0.0409. The van der Waals surface area contributed by atoms with Gasteiger partial charge in [-0.05, 0) is 41.1 Å². The number of fused-ring (bicyclic) bond motifs is 3. The highest BCUT2D eigenvalue weighted by Gasteiger charge is 2.51. The van der Waals surface area contributed by atoms with Gasteiger partial charge in [0.1, 0.15) is 5.82 Å². The Morgan fingerprint density at radius 2 is 1.78 bits per heavy atom. The lowest BCUT2D eigenvalue weighted by molar-refractivity contribution is -0.132. The molecule has 0 spiro atoms. The monoisotopic (exact) mass is 497 g/mol. The Hall–Kier alpha value is -3.51. The maximum Gasteiger partial charge on any atom is 0.222 e. The first kappa shape index (κ1) is 22.9. The van der Waals surface area contributed by atoms with Crippen molar-refractivity contribution in [2.24, 2.45) is 10.9 Å². The second-order valence-electron chi connectivity index (χ2n) is 9.65. The maximum absolute atomic E-state index is 13.9. The number of hydrogen-bond acceptors (Lipinski definition) is 4. The highest BCUT2D eigenvalue weighted by molar-refractivity contribution is 7.11. The molecule has 1 saturated heterocycles. The van der Waals surface area contributed by atoms with E-state index in [0.29, 0.717) is 25.9 Å². The van der Waals surface area contributed by atoms with Crippen LogP contribution in [0.4, 0.5) is 4.39 Å². The van der Waals surface area contributed by atoms with Crippen molar-refractivity contribution < 1.29 is 9.18 Å². The minimum atomic E-state index is -0.443. The molecule has 3 aliphatic rings. The third-order valence-corrected chi connectivity index (χ3v) is 8.83. The molecule has 0 bridgehead atoms. The molecule has 1 fully saturated rings. The van der Waals surface area contributed by atoms with Crippen LogP contribution in [0, 0.1) is 11.7 Å². The molecule has 2 atom stereocenters. The van der Waals surface area contributed by atoms with Crippen molar-refractivity contribution in [1.82, 2.24) is 9.80 Å². The number of allylic oxidation sites excluding steroid dienone is 1. The van der Waals surface area contributed by atoms with Gasteiger partial charge in [-0.3, -0.25) is 9.79 Å². The summed E-state index contributed by atoms with van der Waals surface area (Å²) in [7, 11) is 0. The standard InChI is InChI=1S/C30H28FN3OS/c1-21(27-7-4-20-36-27)33-16-18-34(19-17-33)28(35)12-14-30(22-8-10-23(31)11-9-22)25-6-3-2-5-24(25)29-26(30)13-15-32-29/h2-11,13,15,20,26H,1,12,14,16-19H2. The van der Waals surface area contributed by atoms with Crippen LogP contribution in [0.1, 0.15) is 34.4 Å². The SMILES string of the molecule is C=C(c1cccs1)N1CCN(C(=O)CCC2(c3ccc(F)cc3)c3ccccc3C3=NC=CC32)CC1. The Kier molecular flexibility index (Phi) is 5.84. The van der Waals surface area contributed by atoms with Crippen LogP contribution in [-0.2, 0) is 10.2 Å². The Morgan fingerprint density at radius 1 is 1.03 bits per heavy atom. The van der Waals surface area contributed by atoms with Crippen molar-refractivity contribution in [1.29, 1.82) is 0 Å². The Bertz CT molecular complexity index is 1350. The van der Waals surface area contributed by atoms with Gasteiger partial charge in [0.05, 0.1) is 5.71 Å². The number of carbonyl (C=O) groups is 1. The number of benzene rings is 2. The summed E-state index contributed by atoms with van der Waals surface area (Å²) < 4.78 is 13.9. The molecule has 6 heteroatoms. The molecule has 1 amide bonds. The van der Waals surface area contributed by atoms with Gasteiger partial charge in [-0.2, -0.15) is 0 Å². The van der Waals surface area contributed by atoms with Crippen LogP contribution < -0.4 is 0 Å². The highest BCUT2D eigenvalue weighted by Crippen LogP contribution is 2.53. The molecule has 2 aliphatic heterocycles. The van der Waals surface area contributed by atoms with E-state index in [1.807, 2.05) is 41.4 Å². The molecule has 6 rings (SSSR count). The molecule has 1 aromatic heterocycles. The predicted octanol–water partition coefficient (Wildman–Crippen LogP) is 5.71. The zero-order chi connectivity index (χ0) is 24.7. The number of amides is 1. The van der Waals surface area contributed by atoms with Crippen LogP contribution >= 0.6 is 11.3 Å². The van der Waals surface area contributed by atoms with E-state index in [0.717, 1.165) is 35.6 Å². The molecule has 36 heavy (non-hydrogen) atoms. The molecule has 1 aliphatic carbocycles. The van der Waals surface area contributed by atoms with Gasteiger partial charge in [0.25, 0.3) is 0 Å². The van der Waals surface area contributed by atoms with E-state index in [4.69, 9.17) is 4.99 Å². The van der Waals surface area contributed by atoms with Crippen LogP contribution in [0.25, 0.3) is 5.70 Å². The Morgan fingerprint density at radius 3 is 2.53 bits per heavy atom. The fourth-order valence-electron chi connectivity index (χ4n) is 6.08. The van der Waals surface area contributed by atoms with E-state index < -0.39 is 5.41 Å². The summed E-state index contributed by atoms with van der Waals surface area (Å²) in [5.74, 6) is -0.0454. The van der Waals surface area contributed by atoms with Gasteiger partial charge in [0, 0.05) is 66.3 Å². The quantitative estimate of drug-likeness (QED) is 0.437. The maximum atomic E-state index is 13.9. The van der Waals surface area contributed by atoms with Crippen LogP contribution in [-0.4, -0.2) is 47.6 Å². The van der Waals surface area contributed by atoms with Crippen LogP contribution in [0.5, 0.6) is 0 Å². The summed E-state index contributed by atoms with van der Waals surface area (Å²) in [6.07, 6.45) is 5.08. The van der Waals surface area contributed by atoms with Gasteiger partial charge in [0.15, 0.2) is 0 Å².